The fourth-order valence-electron chi connectivity index (χ4n) is 2.51. The highest BCUT2D eigenvalue weighted by Gasteiger charge is 2.27. The zero-order valence-corrected chi connectivity index (χ0v) is 13.8. The number of hydrogen-bond acceptors (Lipinski definition) is 4. The molecule has 0 saturated heterocycles. The first kappa shape index (κ1) is 15.0. The van der Waals surface area contributed by atoms with E-state index < -0.39 is 0 Å². The molecule has 1 N–H and O–H groups in total. The maximum atomic E-state index is 12.0. The van der Waals surface area contributed by atoms with E-state index in [1.807, 2.05) is 13.0 Å². The predicted molar refractivity (Wildman–Crippen MR) is 81.5 cm³/mol. The van der Waals surface area contributed by atoms with Crippen molar-refractivity contribution in [1.29, 1.82) is 0 Å². The van der Waals surface area contributed by atoms with Crippen LogP contribution in [0.15, 0.2) is 10.5 Å². The molecule has 1 atom stereocenters. The van der Waals surface area contributed by atoms with E-state index in [1.54, 1.807) is 11.3 Å². The van der Waals surface area contributed by atoms with Gasteiger partial charge in [0.15, 0.2) is 0 Å². The monoisotopic (exact) mass is 345 g/mol. The van der Waals surface area contributed by atoms with Gasteiger partial charge in [0.25, 0.3) is 0 Å². The molecule has 1 aliphatic rings. The standard InChI is InChI=1S/C14H20BrNO2S/c1-9-11(15)8-12(19-9)13(14(17)18-2)16-10-6-4-3-5-7-10/h8,10,13,16H,3-7H2,1-2H3. The van der Waals surface area contributed by atoms with E-state index >= 15 is 0 Å². The van der Waals surface area contributed by atoms with Crippen molar-refractivity contribution in [3.8, 4) is 0 Å². The van der Waals surface area contributed by atoms with Gasteiger partial charge in [-0.1, -0.05) is 19.3 Å². The van der Waals surface area contributed by atoms with Crippen LogP contribution in [0.3, 0.4) is 0 Å². The fourth-order valence-corrected chi connectivity index (χ4v) is 4.12. The molecule has 1 unspecified atom stereocenters. The summed E-state index contributed by atoms with van der Waals surface area (Å²) in [5.41, 5.74) is 0. The highest BCUT2D eigenvalue weighted by molar-refractivity contribution is 9.10. The number of carbonyl (C=O) groups is 1. The number of aryl methyl sites for hydroxylation is 1. The number of methoxy groups -OCH3 is 1. The van der Waals surface area contributed by atoms with Crippen LogP contribution < -0.4 is 5.32 Å². The van der Waals surface area contributed by atoms with Crippen molar-refractivity contribution in [1.82, 2.24) is 5.32 Å². The minimum Gasteiger partial charge on any atom is -0.468 e. The SMILES string of the molecule is COC(=O)C(NC1CCCCC1)c1cc(Br)c(C)s1. The number of hydrogen-bond donors (Lipinski definition) is 1. The molecule has 106 valence electrons. The number of halogens is 1. The van der Waals surface area contributed by atoms with E-state index in [0.717, 1.165) is 22.2 Å². The number of thiophene rings is 1. The van der Waals surface area contributed by atoms with E-state index in [2.05, 4.69) is 21.2 Å². The molecular weight excluding hydrogens is 326 g/mol. The van der Waals surface area contributed by atoms with Crippen molar-refractivity contribution in [2.24, 2.45) is 0 Å². The smallest absolute Gasteiger partial charge is 0.328 e. The summed E-state index contributed by atoms with van der Waals surface area (Å²) in [6, 6.07) is 2.12. The molecule has 0 aromatic carbocycles. The molecule has 0 bridgehead atoms. The van der Waals surface area contributed by atoms with Crippen molar-refractivity contribution in [2.75, 3.05) is 7.11 Å². The van der Waals surface area contributed by atoms with Crippen molar-refractivity contribution < 1.29 is 9.53 Å². The van der Waals surface area contributed by atoms with Gasteiger partial charge in [-0.15, -0.1) is 11.3 Å². The van der Waals surface area contributed by atoms with Crippen LogP contribution in [0.25, 0.3) is 0 Å². The molecule has 0 spiro atoms. The summed E-state index contributed by atoms with van der Waals surface area (Å²) in [6.07, 6.45) is 6.11. The molecule has 1 saturated carbocycles. The minimum absolute atomic E-state index is 0.195. The Kier molecular flexibility index (Phi) is 5.42. The second-order valence-electron chi connectivity index (χ2n) is 5.01. The summed E-state index contributed by atoms with van der Waals surface area (Å²) in [4.78, 5) is 14.2. The van der Waals surface area contributed by atoms with Crippen LogP contribution in [0.5, 0.6) is 0 Å². The third-order valence-corrected chi connectivity index (χ3v) is 5.81. The van der Waals surface area contributed by atoms with Crippen LogP contribution >= 0.6 is 27.3 Å². The van der Waals surface area contributed by atoms with Crippen LogP contribution in [0, 0.1) is 6.92 Å². The average molecular weight is 346 g/mol. The van der Waals surface area contributed by atoms with Gasteiger partial charge in [0.05, 0.1) is 7.11 Å². The lowest BCUT2D eigenvalue weighted by Gasteiger charge is -2.26. The quantitative estimate of drug-likeness (QED) is 0.839. The molecule has 1 aromatic heterocycles. The first-order valence-corrected chi connectivity index (χ1v) is 8.32. The van der Waals surface area contributed by atoms with Crippen molar-refractivity contribution in [2.45, 2.75) is 51.1 Å². The summed E-state index contributed by atoms with van der Waals surface area (Å²) < 4.78 is 6.01. The molecule has 5 heteroatoms. The Morgan fingerprint density at radius 2 is 2.16 bits per heavy atom. The van der Waals surface area contributed by atoms with Crippen LogP contribution in [0.2, 0.25) is 0 Å². The topological polar surface area (TPSA) is 38.3 Å². The van der Waals surface area contributed by atoms with Gasteiger partial charge >= 0.3 is 5.97 Å². The number of ether oxygens (including phenoxy) is 1. The second-order valence-corrected chi connectivity index (χ2v) is 7.15. The molecule has 1 aliphatic carbocycles. The van der Waals surface area contributed by atoms with Gasteiger partial charge in [-0.3, -0.25) is 5.32 Å². The molecule has 0 radical (unpaired) electrons. The van der Waals surface area contributed by atoms with Crippen LogP contribution in [-0.2, 0) is 9.53 Å². The van der Waals surface area contributed by atoms with Crippen molar-refractivity contribution in [3.05, 3.63) is 20.3 Å². The minimum atomic E-state index is -0.330. The Balaban J connectivity index is 2.13. The zero-order valence-electron chi connectivity index (χ0n) is 11.4. The summed E-state index contributed by atoms with van der Waals surface area (Å²) in [7, 11) is 1.45. The second kappa shape index (κ2) is 6.86. The number of esters is 1. The van der Waals surface area contributed by atoms with Crippen LogP contribution in [0.4, 0.5) is 0 Å². The molecule has 1 aromatic rings. The summed E-state index contributed by atoms with van der Waals surface area (Å²) in [5, 5.41) is 3.48. The molecule has 19 heavy (non-hydrogen) atoms. The van der Waals surface area contributed by atoms with Gasteiger partial charge in [0.2, 0.25) is 0 Å². The summed E-state index contributed by atoms with van der Waals surface area (Å²) in [6.45, 7) is 2.05. The lowest BCUT2D eigenvalue weighted by molar-refractivity contribution is -0.143. The number of rotatable bonds is 4. The van der Waals surface area contributed by atoms with E-state index in [1.165, 1.54) is 31.2 Å². The Hall–Kier alpha value is -0.390. The van der Waals surface area contributed by atoms with E-state index in [-0.39, 0.29) is 12.0 Å². The normalized spacial score (nSPS) is 18.3. The van der Waals surface area contributed by atoms with Crippen molar-refractivity contribution >= 4 is 33.2 Å². The van der Waals surface area contributed by atoms with Gasteiger partial charge in [-0.25, -0.2) is 4.79 Å². The molecule has 1 heterocycles. The van der Waals surface area contributed by atoms with E-state index in [9.17, 15) is 4.79 Å². The Bertz CT molecular complexity index is 421. The van der Waals surface area contributed by atoms with E-state index in [4.69, 9.17) is 4.74 Å². The highest BCUT2D eigenvalue weighted by Crippen LogP contribution is 2.32. The van der Waals surface area contributed by atoms with Gasteiger partial charge in [0.1, 0.15) is 6.04 Å². The Morgan fingerprint density at radius 3 is 2.68 bits per heavy atom. The molecule has 1 fully saturated rings. The van der Waals surface area contributed by atoms with E-state index in [0.29, 0.717) is 6.04 Å². The number of carbonyl (C=O) groups excluding carboxylic acids is 1. The summed E-state index contributed by atoms with van der Waals surface area (Å²) in [5.74, 6) is -0.195. The third-order valence-electron chi connectivity index (χ3n) is 3.61. The average Bonchev–Trinajstić information content (AvgIpc) is 2.76. The van der Waals surface area contributed by atoms with Crippen molar-refractivity contribution in [3.63, 3.8) is 0 Å². The lowest BCUT2D eigenvalue weighted by Crippen LogP contribution is -2.38. The largest absolute Gasteiger partial charge is 0.468 e. The zero-order chi connectivity index (χ0) is 13.8. The molecule has 2 rings (SSSR count). The molecule has 0 amide bonds. The van der Waals surface area contributed by atoms with Gasteiger partial charge < -0.3 is 4.74 Å². The van der Waals surface area contributed by atoms with Gasteiger partial charge in [-0.05, 0) is 41.8 Å². The molecule has 0 aliphatic heterocycles. The number of nitrogens with one attached hydrogen (secondary N) is 1. The lowest BCUT2D eigenvalue weighted by atomic mass is 9.95. The predicted octanol–water partition coefficient (Wildman–Crippen LogP) is 3.96. The van der Waals surface area contributed by atoms with Gasteiger partial charge in [-0.2, -0.15) is 0 Å². The first-order valence-electron chi connectivity index (χ1n) is 6.71. The van der Waals surface area contributed by atoms with Crippen LogP contribution in [0.1, 0.15) is 47.9 Å². The molecule has 3 nitrogen and oxygen atoms in total. The Morgan fingerprint density at radius 1 is 1.47 bits per heavy atom. The fraction of sp³-hybridized carbons (Fsp3) is 0.643. The maximum Gasteiger partial charge on any atom is 0.328 e. The summed E-state index contributed by atoms with van der Waals surface area (Å²) >= 11 is 5.16. The Labute approximate surface area is 126 Å². The highest BCUT2D eigenvalue weighted by atomic mass is 79.9. The maximum absolute atomic E-state index is 12.0. The van der Waals surface area contributed by atoms with Crippen LogP contribution in [-0.4, -0.2) is 19.1 Å². The third kappa shape index (κ3) is 3.80. The first-order chi connectivity index (χ1) is 9.11. The van der Waals surface area contributed by atoms with Gasteiger partial charge in [0, 0.05) is 20.3 Å². The molecular formula is C14H20BrNO2S.